The molecule has 1 amide bonds. The van der Waals surface area contributed by atoms with Gasteiger partial charge in [0.05, 0.1) is 0 Å². The van der Waals surface area contributed by atoms with Gasteiger partial charge in [-0.3, -0.25) is 24.0 Å². The van der Waals surface area contributed by atoms with E-state index in [0.717, 1.165) is 9.63 Å². The van der Waals surface area contributed by atoms with Crippen molar-refractivity contribution in [1.82, 2.24) is 14.6 Å². The molecular formula is C13H17N3O6. The topological polar surface area (TPSA) is 114 Å². The highest BCUT2D eigenvalue weighted by Gasteiger charge is 2.64. The van der Waals surface area contributed by atoms with E-state index >= 15 is 0 Å². The lowest BCUT2D eigenvalue weighted by Crippen LogP contribution is -2.60. The molecule has 3 heterocycles. The van der Waals surface area contributed by atoms with Crippen LogP contribution in [0.2, 0.25) is 0 Å². The van der Waals surface area contributed by atoms with Crippen molar-refractivity contribution in [2.75, 3.05) is 7.05 Å². The second kappa shape index (κ2) is 4.77. The van der Waals surface area contributed by atoms with Gasteiger partial charge in [0.25, 0.3) is 11.5 Å². The van der Waals surface area contributed by atoms with Crippen LogP contribution in [0.3, 0.4) is 0 Å². The number of hydrogen-bond donors (Lipinski definition) is 2. The number of hydroxylamine groups is 2. The van der Waals surface area contributed by atoms with Crippen molar-refractivity contribution < 1.29 is 19.5 Å². The summed E-state index contributed by atoms with van der Waals surface area (Å²) in [7, 11) is 1.43. The molecule has 1 unspecified atom stereocenters. The van der Waals surface area contributed by atoms with Crippen LogP contribution in [0.4, 0.5) is 0 Å². The maximum Gasteiger partial charge on any atom is 0.330 e. The number of fused-ring (bicyclic) bond motifs is 2. The molecule has 2 aliphatic rings. The molecule has 0 aromatic carbocycles. The van der Waals surface area contributed by atoms with Gasteiger partial charge < -0.3 is 9.84 Å². The minimum atomic E-state index is -1.45. The summed E-state index contributed by atoms with van der Waals surface area (Å²) in [5.74, 6) is -0.504. The highest BCUT2D eigenvalue weighted by Crippen LogP contribution is 2.45. The fourth-order valence-electron chi connectivity index (χ4n) is 2.99. The largest absolute Gasteiger partial charge is 0.387 e. The number of ether oxygens (including phenoxy) is 1. The molecular weight excluding hydrogens is 294 g/mol. The molecule has 1 aromatic heterocycles. The highest BCUT2D eigenvalue weighted by molar-refractivity contribution is 5.86. The van der Waals surface area contributed by atoms with Crippen molar-refractivity contribution in [3.63, 3.8) is 0 Å². The summed E-state index contributed by atoms with van der Waals surface area (Å²) in [6.07, 6.45) is -1.58. The zero-order chi connectivity index (χ0) is 16.2. The smallest absolute Gasteiger partial charge is 0.330 e. The van der Waals surface area contributed by atoms with Gasteiger partial charge >= 0.3 is 5.69 Å². The Labute approximate surface area is 125 Å². The monoisotopic (exact) mass is 311 g/mol. The van der Waals surface area contributed by atoms with E-state index in [1.54, 1.807) is 13.8 Å². The van der Waals surface area contributed by atoms with Crippen LogP contribution in [0, 0.1) is 6.92 Å². The number of amides is 1. The molecule has 2 fully saturated rings. The Kier molecular flexibility index (Phi) is 3.24. The molecule has 2 saturated heterocycles. The zero-order valence-corrected chi connectivity index (χ0v) is 12.4. The van der Waals surface area contributed by atoms with E-state index in [1.165, 1.54) is 13.2 Å². The summed E-state index contributed by atoms with van der Waals surface area (Å²) in [5, 5.41) is 11.4. The van der Waals surface area contributed by atoms with E-state index in [2.05, 4.69) is 4.98 Å². The van der Waals surface area contributed by atoms with Crippen molar-refractivity contribution in [3.8, 4) is 0 Å². The summed E-state index contributed by atoms with van der Waals surface area (Å²) in [6, 6.07) is 0. The number of aliphatic hydroxyl groups is 1. The van der Waals surface area contributed by atoms with Crippen molar-refractivity contribution in [2.24, 2.45) is 0 Å². The van der Waals surface area contributed by atoms with Crippen LogP contribution in [0.15, 0.2) is 15.8 Å². The molecule has 2 N–H and O–H groups in total. The summed E-state index contributed by atoms with van der Waals surface area (Å²) < 4.78 is 6.89. The molecule has 1 aromatic rings. The van der Waals surface area contributed by atoms with E-state index in [0.29, 0.717) is 5.56 Å². The Hall–Kier alpha value is -1.97. The number of nitrogens with zero attached hydrogens (tertiary/aromatic N) is 2. The summed E-state index contributed by atoms with van der Waals surface area (Å²) in [6.45, 7) is 3.25. The minimum absolute atomic E-state index is 0.227. The van der Waals surface area contributed by atoms with Crippen LogP contribution in [-0.4, -0.2) is 50.5 Å². The normalized spacial score (nSPS) is 34.3. The molecule has 0 aliphatic carbocycles. The van der Waals surface area contributed by atoms with Crippen LogP contribution >= 0.6 is 0 Å². The number of likely N-dealkylation sites (N-methyl/N-ethyl adjacent to an activating group) is 1. The number of rotatable bonds is 2. The third kappa shape index (κ3) is 1.79. The molecule has 0 spiro atoms. The van der Waals surface area contributed by atoms with Crippen LogP contribution in [0.1, 0.15) is 25.1 Å². The standard InChI is InChI=1S/C13H17N3O6/c1-4-13-8(17)7(22-15(3)11(13)19)10(21-13)16-5-6(2)9(18)14-12(16)20/h5,7-8,10,17H,4H2,1-3H3,(H,14,18,20)/t7-,8?,10+,13+/m0/s1. The van der Waals surface area contributed by atoms with Crippen molar-refractivity contribution in [2.45, 2.75) is 44.3 Å². The summed E-state index contributed by atoms with van der Waals surface area (Å²) in [4.78, 5) is 43.3. The summed E-state index contributed by atoms with van der Waals surface area (Å²) in [5.41, 5.74) is -2.33. The number of carbonyl (C=O) groups excluding carboxylic acids is 1. The number of nitrogens with one attached hydrogen (secondary N) is 1. The number of hydrogen-bond acceptors (Lipinski definition) is 6. The highest BCUT2D eigenvalue weighted by atomic mass is 16.7. The first-order chi connectivity index (χ1) is 10.3. The molecule has 120 valence electrons. The van der Waals surface area contributed by atoms with E-state index in [9.17, 15) is 19.5 Å². The minimum Gasteiger partial charge on any atom is -0.387 e. The van der Waals surface area contributed by atoms with Gasteiger partial charge in [0.2, 0.25) is 0 Å². The van der Waals surface area contributed by atoms with Gasteiger partial charge in [-0.1, -0.05) is 6.92 Å². The average molecular weight is 311 g/mol. The van der Waals surface area contributed by atoms with Crippen LogP contribution in [-0.2, 0) is 14.4 Å². The van der Waals surface area contributed by atoms with Gasteiger partial charge in [0.15, 0.2) is 17.9 Å². The Bertz CT molecular complexity index is 740. The maximum absolute atomic E-state index is 12.3. The van der Waals surface area contributed by atoms with E-state index in [4.69, 9.17) is 9.57 Å². The zero-order valence-electron chi connectivity index (χ0n) is 12.4. The number of carbonyl (C=O) groups is 1. The second-order valence-corrected chi connectivity index (χ2v) is 5.55. The first-order valence-electron chi connectivity index (χ1n) is 6.94. The van der Waals surface area contributed by atoms with Gasteiger partial charge in [-0.25, -0.2) is 9.86 Å². The Balaban J connectivity index is 2.12. The Morgan fingerprint density at radius 2 is 2.09 bits per heavy atom. The number of H-pyrrole nitrogens is 1. The van der Waals surface area contributed by atoms with E-state index < -0.39 is 41.2 Å². The van der Waals surface area contributed by atoms with Gasteiger partial charge in [-0.05, 0) is 13.3 Å². The molecule has 0 radical (unpaired) electrons. The molecule has 9 nitrogen and oxygen atoms in total. The van der Waals surface area contributed by atoms with Crippen molar-refractivity contribution >= 4 is 5.91 Å². The lowest BCUT2D eigenvalue weighted by molar-refractivity contribution is -0.242. The van der Waals surface area contributed by atoms with Gasteiger partial charge in [-0.2, -0.15) is 0 Å². The fourth-order valence-corrected chi connectivity index (χ4v) is 2.99. The van der Waals surface area contributed by atoms with Gasteiger partial charge in [-0.15, -0.1) is 0 Å². The molecule has 9 heteroatoms. The number of aromatic amines is 1. The Morgan fingerprint density at radius 1 is 1.41 bits per heavy atom. The van der Waals surface area contributed by atoms with E-state index in [1.807, 2.05) is 0 Å². The van der Waals surface area contributed by atoms with E-state index in [-0.39, 0.29) is 6.42 Å². The lowest BCUT2D eigenvalue weighted by Gasteiger charge is -2.37. The maximum atomic E-state index is 12.3. The molecule has 4 atom stereocenters. The van der Waals surface area contributed by atoms with Crippen LogP contribution in [0.5, 0.6) is 0 Å². The number of aryl methyl sites for hydroxylation is 1. The summed E-state index contributed by atoms with van der Waals surface area (Å²) >= 11 is 0. The molecule has 2 aliphatic heterocycles. The quantitative estimate of drug-likeness (QED) is 0.698. The van der Waals surface area contributed by atoms with Crippen LogP contribution < -0.4 is 11.2 Å². The van der Waals surface area contributed by atoms with Crippen molar-refractivity contribution in [3.05, 3.63) is 32.6 Å². The van der Waals surface area contributed by atoms with Gasteiger partial charge in [0.1, 0.15) is 6.10 Å². The Morgan fingerprint density at radius 3 is 2.73 bits per heavy atom. The third-order valence-corrected chi connectivity index (χ3v) is 4.27. The van der Waals surface area contributed by atoms with Crippen molar-refractivity contribution in [1.29, 1.82) is 0 Å². The number of aliphatic hydroxyl groups excluding tert-OH is 1. The SMILES string of the molecule is CC[C@]12O[C@@H](n3cc(C)c(=O)[nH]c3=O)[C@@H](ON(C)C1=O)C2O. The molecule has 3 rings (SSSR count). The van der Waals surface area contributed by atoms with Crippen LogP contribution in [0.25, 0.3) is 0 Å². The lowest BCUT2D eigenvalue weighted by atomic mass is 9.90. The predicted octanol–water partition coefficient (Wildman–Crippen LogP) is -1.34. The van der Waals surface area contributed by atoms with Gasteiger partial charge in [0, 0.05) is 18.8 Å². The predicted molar refractivity (Wildman–Crippen MR) is 72.9 cm³/mol. The molecule has 0 saturated carbocycles. The third-order valence-electron chi connectivity index (χ3n) is 4.27. The first kappa shape index (κ1) is 14.9. The first-order valence-corrected chi connectivity index (χ1v) is 6.94. The molecule has 2 bridgehead atoms. The molecule has 22 heavy (non-hydrogen) atoms. The average Bonchev–Trinajstić information content (AvgIpc) is 2.69. The number of aromatic nitrogens is 2. The second-order valence-electron chi connectivity index (χ2n) is 5.55. The fraction of sp³-hybridized carbons (Fsp3) is 0.615.